The molecule has 5 atom stereocenters. The monoisotopic (exact) mass is 1350 g/mol. The molecule has 0 amide bonds. The lowest BCUT2D eigenvalue weighted by Crippen LogP contribution is -2.30. The molecule has 0 aliphatic heterocycles. The zero-order chi connectivity index (χ0) is 67.7. The van der Waals surface area contributed by atoms with Crippen molar-refractivity contribution in [1.29, 1.82) is 0 Å². The van der Waals surface area contributed by atoms with E-state index in [4.69, 9.17) is 37.0 Å². The van der Waals surface area contributed by atoms with Gasteiger partial charge in [-0.2, -0.15) is 0 Å². The first-order valence-corrected chi connectivity index (χ1v) is 40.4. The Morgan fingerprint density at radius 3 is 0.891 bits per heavy atom. The lowest BCUT2D eigenvalue weighted by Gasteiger charge is -2.21. The van der Waals surface area contributed by atoms with Crippen molar-refractivity contribution >= 4 is 39.5 Å². The maximum atomic E-state index is 13.0. The lowest BCUT2D eigenvalue weighted by molar-refractivity contribution is -0.161. The molecular weight excluding hydrogens is 1210 g/mol. The number of aliphatic hydroxyl groups excluding tert-OH is 1. The molecule has 0 spiro atoms. The second-order valence-corrected chi connectivity index (χ2v) is 29.0. The molecule has 0 rings (SSSR count). The summed E-state index contributed by atoms with van der Waals surface area (Å²) in [6, 6.07) is 0. The summed E-state index contributed by atoms with van der Waals surface area (Å²) in [5.74, 6) is -1.44. The van der Waals surface area contributed by atoms with Crippen LogP contribution in [0.3, 0.4) is 0 Å². The van der Waals surface area contributed by atoms with Crippen LogP contribution in [0, 0.1) is 5.92 Å². The van der Waals surface area contributed by atoms with Gasteiger partial charge in [0.05, 0.1) is 26.4 Å². The molecule has 0 aromatic rings. The van der Waals surface area contributed by atoms with Crippen molar-refractivity contribution < 1.29 is 80.2 Å². The fourth-order valence-electron chi connectivity index (χ4n) is 10.6. The van der Waals surface area contributed by atoms with Gasteiger partial charge in [-0.15, -0.1) is 0 Å². The van der Waals surface area contributed by atoms with Gasteiger partial charge in [0.15, 0.2) is 12.2 Å². The number of carbonyl (C=O) groups excluding carboxylic acids is 4. The molecule has 542 valence electrons. The second-order valence-electron chi connectivity index (χ2n) is 26.1. The van der Waals surface area contributed by atoms with Crippen LogP contribution >= 0.6 is 15.6 Å². The van der Waals surface area contributed by atoms with E-state index < -0.39 is 97.5 Å². The maximum absolute atomic E-state index is 13.0. The number of phosphoric ester groups is 2. The number of rotatable bonds is 71. The molecule has 19 heteroatoms. The average molecular weight is 1350 g/mol. The summed E-state index contributed by atoms with van der Waals surface area (Å²) in [5.41, 5.74) is 0. The van der Waals surface area contributed by atoms with Crippen molar-refractivity contribution in [3.63, 3.8) is 0 Å². The van der Waals surface area contributed by atoms with E-state index in [1.807, 2.05) is 0 Å². The van der Waals surface area contributed by atoms with Crippen LogP contribution in [0.5, 0.6) is 0 Å². The van der Waals surface area contributed by atoms with Crippen LogP contribution in [0.4, 0.5) is 0 Å². The Morgan fingerprint density at radius 1 is 0.337 bits per heavy atom. The SMILES string of the molecule is CCCCCC/C=C\C=C/CCCCCCCC(=O)OC[C@H](COP(=O)(O)OC[C@@H](O)COP(=O)(O)OC[C@@H](COC(=O)CCCCCCCCC)OC(=O)CCCCCCCCCCC(C)C)OC(=O)CCCCCCCCCCCCCCCCCCCCC. The summed E-state index contributed by atoms with van der Waals surface area (Å²) in [6.07, 6.45) is 56.6. The first-order chi connectivity index (χ1) is 44.5. The smallest absolute Gasteiger partial charge is 0.462 e. The summed E-state index contributed by atoms with van der Waals surface area (Å²) in [7, 11) is -9.91. The third-order valence-electron chi connectivity index (χ3n) is 16.4. The third kappa shape index (κ3) is 66.2. The van der Waals surface area contributed by atoms with Crippen LogP contribution < -0.4 is 0 Å². The Morgan fingerprint density at radius 2 is 0.587 bits per heavy atom. The van der Waals surface area contributed by atoms with E-state index in [0.29, 0.717) is 25.7 Å². The normalized spacial score (nSPS) is 14.2. The molecule has 0 aliphatic rings. The van der Waals surface area contributed by atoms with Gasteiger partial charge < -0.3 is 33.8 Å². The number of hydrogen-bond donors (Lipinski definition) is 3. The molecule has 0 fully saturated rings. The van der Waals surface area contributed by atoms with E-state index in [1.165, 1.54) is 148 Å². The fourth-order valence-corrected chi connectivity index (χ4v) is 12.2. The van der Waals surface area contributed by atoms with Gasteiger partial charge >= 0.3 is 39.5 Å². The van der Waals surface area contributed by atoms with E-state index in [0.717, 1.165) is 128 Å². The van der Waals surface area contributed by atoms with Gasteiger partial charge in [0.1, 0.15) is 19.3 Å². The Bertz CT molecular complexity index is 1860. The van der Waals surface area contributed by atoms with Crippen molar-refractivity contribution in [1.82, 2.24) is 0 Å². The summed E-state index contributed by atoms with van der Waals surface area (Å²) < 4.78 is 68.2. The number of unbranched alkanes of at least 4 members (excludes halogenated alkanes) is 40. The van der Waals surface area contributed by atoms with E-state index in [1.54, 1.807) is 0 Å². The largest absolute Gasteiger partial charge is 0.472 e. The molecular formula is C73H138O17P2. The first kappa shape index (κ1) is 89.5. The number of hydrogen-bond acceptors (Lipinski definition) is 15. The Kier molecular flexibility index (Phi) is 64.0. The average Bonchev–Trinajstić information content (AvgIpc) is 1.92. The van der Waals surface area contributed by atoms with Crippen molar-refractivity contribution in [3.05, 3.63) is 24.3 Å². The van der Waals surface area contributed by atoms with E-state index in [9.17, 15) is 43.2 Å². The Hall–Kier alpha value is -2.46. The maximum Gasteiger partial charge on any atom is 0.472 e. The van der Waals surface area contributed by atoms with Crippen molar-refractivity contribution in [2.45, 2.75) is 374 Å². The zero-order valence-electron chi connectivity index (χ0n) is 59.2. The summed E-state index contributed by atoms with van der Waals surface area (Å²) in [5, 5.41) is 10.6. The fraction of sp³-hybridized carbons (Fsp3) is 0.890. The molecule has 0 saturated carbocycles. The summed E-state index contributed by atoms with van der Waals surface area (Å²) in [4.78, 5) is 72.5. The van der Waals surface area contributed by atoms with E-state index in [-0.39, 0.29) is 25.7 Å². The van der Waals surface area contributed by atoms with Crippen molar-refractivity contribution in [2.75, 3.05) is 39.6 Å². The molecule has 0 radical (unpaired) electrons. The lowest BCUT2D eigenvalue weighted by atomic mass is 10.0. The molecule has 92 heavy (non-hydrogen) atoms. The van der Waals surface area contributed by atoms with Gasteiger partial charge in [0.25, 0.3) is 0 Å². The predicted molar refractivity (Wildman–Crippen MR) is 372 cm³/mol. The number of carbonyl (C=O) groups is 4. The molecule has 0 bridgehead atoms. The van der Waals surface area contributed by atoms with Crippen LogP contribution in [0.2, 0.25) is 0 Å². The highest BCUT2D eigenvalue weighted by molar-refractivity contribution is 7.47. The summed E-state index contributed by atoms with van der Waals surface area (Å²) in [6.45, 7) is 7.11. The van der Waals surface area contributed by atoms with Gasteiger partial charge in [-0.3, -0.25) is 37.3 Å². The van der Waals surface area contributed by atoms with Crippen LogP contribution in [0.25, 0.3) is 0 Å². The number of phosphoric acid groups is 2. The molecule has 0 heterocycles. The molecule has 0 saturated heterocycles. The number of esters is 4. The highest BCUT2D eigenvalue weighted by Gasteiger charge is 2.30. The molecule has 0 aliphatic carbocycles. The van der Waals surface area contributed by atoms with Gasteiger partial charge in [0, 0.05) is 25.7 Å². The van der Waals surface area contributed by atoms with Gasteiger partial charge in [0.2, 0.25) is 0 Å². The molecule has 3 N–H and O–H groups in total. The molecule has 0 aromatic heterocycles. The third-order valence-corrected chi connectivity index (χ3v) is 18.3. The highest BCUT2D eigenvalue weighted by Crippen LogP contribution is 2.45. The highest BCUT2D eigenvalue weighted by atomic mass is 31.2. The van der Waals surface area contributed by atoms with Gasteiger partial charge in [-0.1, -0.05) is 303 Å². The minimum absolute atomic E-state index is 0.102. The molecule has 17 nitrogen and oxygen atoms in total. The predicted octanol–water partition coefficient (Wildman–Crippen LogP) is 20.9. The summed E-state index contributed by atoms with van der Waals surface area (Å²) >= 11 is 0. The number of aliphatic hydroxyl groups is 1. The quantitative estimate of drug-likeness (QED) is 0.0169. The van der Waals surface area contributed by atoms with Crippen LogP contribution in [0.15, 0.2) is 24.3 Å². The Labute approximate surface area is 561 Å². The molecule has 2 unspecified atom stereocenters. The van der Waals surface area contributed by atoms with Crippen LogP contribution in [0.1, 0.15) is 356 Å². The van der Waals surface area contributed by atoms with E-state index in [2.05, 4.69) is 58.9 Å². The van der Waals surface area contributed by atoms with Gasteiger partial charge in [-0.05, 0) is 57.3 Å². The van der Waals surface area contributed by atoms with Crippen LogP contribution in [-0.4, -0.2) is 96.7 Å². The first-order valence-electron chi connectivity index (χ1n) is 37.5. The van der Waals surface area contributed by atoms with Crippen molar-refractivity contribution in [3.8, 4) is 0 Å². The van der Waals surface area contributed by atoms with Gasteiger partial charge in [-0.25, -0.2) is 9.13 Å². The Balaban J connectivity index is 5.22. The minimum Gasteiger partial charge on any atom is -0.462 e. The number of ether oxygens (including phenoxy) is 4. The topological polar surface area (TPSA) is 237 Å². The van der Waals surface area contributed by atoms with Crippen LogP contribution in [-0.2, 0) is 65.4 Å². The number of allylic oxidation sites excluding steroid dienone is 4. The standard InChI is InChI=1S/C73H138O17P2/c1-6-9-12-15-18-20-22-24-26-27-28-29-31-33-35-37-43-48-53-58-72(77)89-69(63-84-71(76)57-52-47-42-36-34-32-30-25-23-21-19-16-13-10-7-2)65-88-92(81,82)86-61-67(74)60-85-91(79,80)87-64-68(62-83-70(75)56-51-46-40-17-14-11-8-3)90-73(78)59-54-49-44-39-38-41-45-50-55-66(4)5/h21,23,25,30,66-69,74H,6-20,22,24,26-29,31-65H2,1-5H3,(H,79,80)(H,81,82)/b23-21-,30-25-/t67-,68+,69+/m0/s1. The second kappa shape index (κ2) is 65.8. The zero-order valence-corrected chi connectivity index (χ0v) is 61.0. The minimum atomic E-state index is -4.96. The van der Waals surface area contributed by atoms with E-state index >= 15 is 0 Å². The molecule has 0 aromatic carbocycles. The van der Waals surface area contributed by atoms with Crippen molar-refractivity contribution in [2.24, 2.45) is 5.92 Å².